The van der Waals surface area contributed by atoms with Crippen molar-refractivity contribution in [2.75, 3.05) is 6.54 Å². The van der Waals surface area contributed by atoms with Crippen molar-refractivity contribution >= 4 is 5.91 Å². The number of nitrogens with one attached hydrogen (secondary N) is 1. The van der Waals surface area contributed by atoms with Gasteiger partial charge in [0.25, 0.3) is 0 Å². The molecule has 0 aliphatic rings. The number of carbonyl (C=O) groups is 1. The van der Waals surface area contributed by atoms with Crippen LogP contribution in [-0.2, 0) is 11.2 Å². The number of carbonyl (C=O) groups excluding carboxylic acids is 1. The zero-order chi connectivity index (χ0) is 17.5. The van der Waals surface area contributed by atoms with Crippen LogP contribution >= 0.6 is 0 Å². The van der Waals surface area contributed by atoms with Gasteiger partial charge in [-0.05, 0) is 32.1 Å². The number of aromatic nitrogens is 2. The van der Waals surface area contributed by atoms with Crippen LogP contribution in [0.1, 0.15) is 77.9 Å². The topological polar surface area (TPSA) is 88.2 Å². The monoisotopic (exact) mass is 325 g/mol. The Bertz CT molecular complexity index is 481. The minimum Gasteiger partial charge on any atom is -0.388 e. The molecule has 1 aromatic rings. The molecule has 6 heteroatoms. The summed E-state index contributed by atoms with van der Waals surface area (Å²) in [6.07, 6.45) is 3.26. The van der Waals surface area contributed by atoms with Crippen LogP contribution in [-0.4, -0.2) is 33.3 Å². The lowest BCUT2D eigenvalue weighted by Crippen LogP contribution is -2.40. The van der Waals surface area contributed by atoms with E-state index in [1.807, 2.05) is 13.8 Å². The molecule has 1 rings (SSSR count). The molecule has 0 fully saturated rings. The summed E-state index contributed by atoms with van der Waals surface area (Å²) in [5.41, 5.74) is -0.849. The minimum absolute atomic E-state index is 0.0570. The molecule has 132 valence electrons. The third-order valence-corrected chi connectivity index (χ3v) is 3.72. The van der Waals surface area contributed by atoms with Crippen LogP contribution in [0.15, 0.2) is 4.52 Å². The highest BCUT2D eigenvalue weighted by Gasteiger charge is 2.21. The average Bonchev–Trinajstić information content (AvgIpc) is 2.92. The Labute approximate surface area is 139 Å². The number of aryl methyl sites for hydroxylation is 1. The summed E-state index contributed by atoms with van der Waals surface area (Å²) in [7, 11) is 0. The van der Waals surface area contributed by atoms with Crippen molar-refractivity contribution in [3.05, 3.63) is 11.7 Å². The molecule has 0 saturated heterocycles. The molecular formula is C17H31N3O3. The van der Waals surface area contributed by atoms with Gasteiger partial charge in [0, 0.05) is 25.3 Å². The molecule has 0 unspecified atom stereocenters. The van der Waals surface area contributed by atoms with Crippen molar-refractivity contribution in [2.45, 2.75) is 78.2 Å². The van der Waals surface area contributed by atoms with E-state index >= 15 is 0 Å². The maximum Gasteiger partial charge on any atom is 0.226 e. The molecule has 1 aromatic heterocycles. The highest BCUT2D eigenvalue weighted by atomic mass is 16.5. The molecule has 0 aromatic carbocycles. The van der Waals surface area contributed by atoms with Crippen molar-refractivity contribution in [3.8, 4) is 0 Å². The normalized spacial score (nSPS) is 14.3. The number of aliphatic hydroxyl groups is 1. The van der Waals surface area contributed by atoms with Gasteiger partial charge in [-0.3, -0.25) is 4.79 Å². The highest BCUT2D eigenvalue weighted by Crippen LogP contribution is 2.15. The number of hydrogen-bond donors (Lipinski definition) is 2. The fourth-order valence-corrected chi connectivity index (χ4v) is 2.07. The Kier molecular flexibility index (Phi) is 7.68. The molecule has 2 N–H and O–H groups in total. The minimum atomic E-state index is -0.849. The van der Waals surface area contributed by atoms with Gasteiger partial charge >= 0.3 is 0 Å². The molecule has 0 spiro atoms. The third kappa shape index (κ3) is 8.11. The van der Waals surface area contributed by atoms with Gasteiger partial charge in [0.15, 0.2) is 5.82 Å². The van der Waals surface area contributed by atoms with Gasteiger partial charge in [-0.25, -0.2) is 0 Å². The molecule has 1 heterocycles. The first-order valence-electron chi connectivity index (χ1n) is 8.51. The first-order chi connectivity index (χ1) is 10.7. The zero-order valence-corrected chi connectivity index (χ0v) is 15.1. The standard InChI is InChI=1S/C17H31N3O3/c1-12(2)9-10-17(5,22)11-18-14(21)7-6-8-15-19-16(13(3)4)20-23-15/h12-13,22H,6-11H2,1-5H3,(H,18,21)/t17-/m1/s1. The summed E-state index contributed by atoms with van der Waals surface area (Å²) >= 11 is 0. The summed E-state index contributed by atoms with van der Waals surface area (Å²) in [6, 6.07) is 0. The number of rotatable bonds is 10. The van der Waals surface area contributed by atoms with Gasteiger partial charge in [-0.15, -0.1) is 0 Å². The van der Waals surface area contributed by atoms with Gasteiger partial charge < -0.3 is 14.9 Å². The molecule has 1 amide bonds. The summed E-state index contributed by atoms with van der Waals surface area (Å²) in [4.78, 5) is 16.1. The van der Waals surface area contributed by atoms with Gasteiger partial charge in [-0.2, -0.15) is 4.98 Å². The first-order valence-corrected chi connectivity index (χ1v) is 8.51. The lowest BCUT2D eigenvalue weighted by molar-refractivity contribution is -0.122. The van der Waals surface area contributed by atoms with E-state index < -0.39 is 5.60 Å². The number of nitrogens with zero attached hydrogens (tertiary/aromatic N) is 2. The first kappa shape index (κ1) is 19.6. The second-order valence-corrected chi connectivity index (χ2v) is 7.26. The summed E-state index contributed by atoms with van der Waals surface area (Å²) in [5.74, 6) is 2.00. The smallest absolute Gasteiger partial charge is 0.226 e. The Hall–Kier alpha value is -1.43. The van der Waals surface area contributed by atoms with Crippen molar-refractivity contribution < 1.29 is 14.4 Å². The second kappa shape index (κ2) is 9.01. The van der Waals surface area contributed by atoms with Crippen LogP contribution in [0.5, 0.6) is 0 Å². The van der Waals surface area contributed by atoms with E-state index in [1.165, 1.54) is 0 Å². The maximum atomic E-state index is 11.8. The van der Waals surface area contributed by atoms with Crippen molar-refractivity contribution in [2.24, 2.45) is 5.92 Å². The Balaban J connectivity index is 2.23. The van der Waals surface area contributed by atoms with E-state index in [1.54, 1.807) is 6.92 Å². The van der Waals surface area contributed by atoms with E-state index in [-0.39, 0.29) is 18.4 Å². The molecule has 0 bridgehead atoms. The molecule has 0 radical (unpaired) electrons. The molecule has 0 saturated carbocycles. The van der Waals surface area contributed by atoms with Gasteiger partial charge in [0.05, 0.1) is 5.60 Å². The predicted molar refractivity (Wildman–Crippen MR) is 89.0 cm³/mol. The van der Waals surface area contributed by atoms with Crippen LogP contribution in [0.3, 0.4) is 0 Å². The summed E-state index contributed by atoms with van der Waals surface area (Å²) in [6.45, 7) is 10.3. The molecule has 0 aliphatic carbocycles. The van der Waals surface area contributed by atoms with E-state index in [4.69, 9.17) is 4.52 Å². The fourth-order valence-electron chi connectivity index (χ4n) is 2.07. The van der Waals surface area contributed by atoms with Crippen LogP contribution in [0.4, 0.5) is 0 Å². The van der Waals surface area contributed by atoms with Crippen LogP contribution < -0.4 is 5.32 Å². The maximum absolute atomic E-state index is 11.8. The van der Waals surface area contributed by atoms with Crippen LogP contribution in [0.25, 0.3) is 0 Å². The van der Waals surface area contributed by atoms with Crippen LogP contribution in [0.2, 0.25) is 0 Å². The highest BCUT2D eigenvalue weighted by molar-refractivity contribution is 5.75. The van der Waals surface area contributed by atoms with E-state index in [0.29, 0.717) is 43.3 Å². The summed E-state index contributed by atoms with van der Waals surface area (Å²) in [5, 5.41) is 16.9. The Morgan fingerprint density at radius 2 is 2.04 bits per heavy atom. The summed E-state index contributed by atoms with van der Waals surface area (Å²) < 4.78 is 5.14. The second-order valence-electron chi connectivity index (χ2n) is 7.26. The largest absolute Gasteiger partial charge is 0.388 e. The average molecular weight is 325 g/mol. The predicted octanol–water partition coefficient (Wildman–Crippen LogP) is 2.82. The zero-order valence-electron chi connectivity index (χ0n) is 15.1. The number of amides is 1. The molecular weight excluding hydrogens is 294 g/mol. The Morgan fingerprint density at radius 3 is 2.61 bits per heavy atom. The van der Waals surface area contributed by atoms with Crippen molar-refractivity contribution in [3.63, 3.8) is 0 Å². The molecule has 1 atom stereocenters. The SMILES string of the molecule is CC(C)CC[C@@](C)(O)CNC(=O)CCCc1nc(C(C)C)no1. The molecule has 0 aliphatic heterocycles. The molecule has 23 heavy (non-hydrogen) atoms. The van der Waals surface area contributed by atoms with Gasteiger partial charge in [-0.1, -0.05) is 32.9 Å². The van der Waals surface area contributed by atoms with E-state index in [2.05, 4.69) is 29.3 Å². The van der Waals surface area contributed by atoms with Crippen LogP contribution in [0, 0.1) is 5.92 Å². The Morgan fingerprint density at radius 1 is 1.35 bits per heavy atom. The molecule has 6 nitrogen and oxygen atoms in total. The lowest BCUT2D eigenvalue weighted by Gasteiger charge is -2.24. The third-order valence-electron chi connectivity index (χ3n) is 3.72. The fraction of sp³-hybridized carbons (Fsp3) is 0.824. The van der Waals surface area contributed by atoms with E-state index in [0.717, 1.165) is 6.42 Å². The van der Waals surface area contributed by atoms with E-state index in [9.17, 15) is 9.90 Å². The quantitative estimate of drug-likeness (QED) is 0.690. The van der Waals surface area contributed by atoms with Gasteiger partial charge in [0.2, 0.25) is 11.8 Å². The van der Waals surface area contributed by atoms with Crippen molar-refractivity contribution in [1.29, 1.82) is 0 Å². The van der Waals surface area contributed by atoms with Crippen molar-refractivity contribution in [1.82, 2.24) is 15.5 Å². The number of hydrogen-bond acceptors (Lipinski definition) is 5. The lowest BCUT2D eigenvalue weighted by atomic mass is 9.95. The van der Waals surface area contributed by atoms with Gasteiger partial charge in [0.1, 0.15) is 0 Å².